The molecule has 0 radical (unpaired) electrons. The van der Waals surface area contributed by atoms with Crippen LogP contribution in [0.15, 0.2) is 47.9 Å². The number of rotatable bonds is 6. The van der Waals surface area contributed by atoms with Crippen molar-refractivity contribution < 1.29 is 23.1 Å². The Morgan fingerprint density at radius 3 is 2.45 bits per heavy atom. The van der Waals surface area contributed by atoms with Gasteiger partial charge < -0.3 is 10.4 Å². The van der Waals surface area contributed by atoms with Crippen LogP contribution >= 0.6 is 23.4 Å². The van der Waals surface area contributed by atoms with Crippen LogP contribution in [-0.4, -0.2) is 22.4 Å². The van der Waals surface area contributed by atoms with E-state index >= 15 is 0 Å². The van der Waals surface area contributed by atoms with Crippen molar-refractivity contribution in [1.29, 1.82) is 0 Å². The van der Waals surface area contributed by atoms with Gasteiger partial charge in [-0.25, -0.2) is 13.2 Å². The second-order valence-electron chi connectivity index (χ2n) is 8.24. The summed E-state index contributed by atoms with van der Waals surface area (Å²) in [4.78, 5) is 13.3. The van der Waals surface area contributed by atoms with Crippen LogP contribution in [0.1, 0.15) is 50.4 Å². The quantitative estimate of drug-likeness (QED) is 0.320. The maximum absolute atomic E-state index is 13.4. The Morgan fingerprint density at radius 2 is 1.88 bits per heavy atom. The molecule has 0 aromatic heterocycles. The van der Waals surface area contributed by atoms with E-state index in [0.717, 1.165) is 29.9 Å². The number of hydrogen-bond acceptors (Lipinski definition) is 3. The summed E-state index contributed by atoms with van der Waals surface area (Å²) in [5.74, 6) is -4.13. The molecule has 0 aliphatic heterocycles. The van der Waals surface area contributed by atoms with Crippen LogP contribution in [0.4, 0.5) is 18.9 Å². The molecule has 1 aliphatic rings. The second-order valence-corrected chi connectivity index (χ2v) is 9.87. The number of aliphatic hydroxyl groups is 1. The lowest BCUT2D eigenvalue weighted by Crippen LogP contribution is -2.20. The molecular weight excluding hydrogens is 471 g/mol. The van der Waals surface area contributed by atoms with E-state index in [1.165, 1.54) is 6.07 Å². The van der Waals surface area contributed by atoms with Gasteiger partial charge in [-0.3, -0.25) is 4.79 Å². The van der Waals surface area contributed by atoms with Gasteiger partial charge in [-0.05, 0) is 63.1 Å². The number of thioether (sulfide) groups is 1. The van der Waals surface area contributed by atoms with Gasteiger partial charge in [-0.1, -0.05) is 24.6 Å². The smallest absolute Gasteiger partial charge is 0.255 e. The molecule has 3 rings (SSSR count). The zero-order chi connectivity index (χ0) is 24.7. The molecule has 4 unspecified atom stereocenters. The summed E-state index contributed by atoms with van der Waals surface area (Å²) in [5.41, 5.74) is 0.0896. The molecule has 4 atom stereocenters. The summed E-state index contributed by atoms with van der Waals surface area (Å²) in [6.07, 6.45) is 4.17. The van der Waals surface area contributed by atoms with Crippen molar-refractivity contribution in [3.63, 3.8) is 0 Å². The maximum Gasteiger partial charge on any atom is 0.255 e. The predicted octanol–water partition coefficient (Wildman–Crippen LogP) is 7.48. The van der Waals surface area contributed by atoms with E-state index in [2.05, 4.69) is 18.8 Å². The van der Waals surface area contributed by atoms with Gasteiger partial charge in [-0.15, -0.1) is 18.3 Å². The SMILES string of the molecule is C=CC.CC(O)CC1CCC(C)C1Sc1cc(C(=O)Nc2cc(F)c(F)c(F)c2)ccc1Cl. The van der Waals surface area contributed by atoms with Crippen molar-refractivity contribution >= 4 is 35.0 Å². The molecule has 1 aliphatic carbocycles. The van der Waals surface area contributed by atoms with Gasteiger partial charge in [0.05, 0.1) is 11.1 Å². The first-order valence-corrected chi connectivity index (χ1v) is 12.0. The molecule has 0 saturated heterocycles. The second kappa shape index (κ2) is 12.5. The fraction of sp³-hybridized carbons (Fsp3) is 0.400. The third-order valence-corrected chi connectivity index (χ3v) is 7.52. The molecule has 180 valence electrons. The van der Waals surface area contributed by atoms with Crippen LogP contribution in [0, 0.1) is 29.3 Å². The number of amides is 1. The van der Waals surface area contributed by atoms with Gasteiger partial charge in [0.15, 0.2) is 17.5 Å². The summed E-state index contributed by atoms with van der Waals surface area (Å²) >= 11 is 7.95. The molecule has 2 N–H and O–H groups in total. The van der Waals surface area contributed by atoms with Crippen molar-refractivity contribution in [1.82, 2.24) is 0 Å². The van der Waals surface area contributed by atoms with Crippen molar-refractivity contribution in [3.05, 3.63) is 71.0 Å². The van der Waals surface area contributed by atoms with Gasteiger partial charge in [-0.2, -0.15) is 0 Å². The minimum atomic E-state index is -1.59. The average molecular weight is 500 g/mol. The van der Waals surface area contributed by atoms with Crippen LogP contribution in [0.3, 0.4) is 0 Å². The monoisotopic (exact) mass is 499 g/mol. The number of carbonyl (C=O) groups excluding carboxylic acids is 1. The number of nitrogens with one attached hydrogen (secondary N) is 1. The Morgan fingerprint density at radius 1 is 1.27 bits per heavy atom. The lowest BCUT2D eigenvalue weighted by atomic mass is 9.99. The van der Waals surface area contributed by atoms with E-state index in [0.29, 0.717) is 23.3 Å². The van der Waals surface area contributed by atoms with Crippen LogP contribution in [0.2, 0.25) is 5.02 Å². The van der Waals surface area contributed by atoms with Crippen LogP contribution in [-0.2, 0) is 0 Å². The Kier molecular flexibility index (Phi) is 10.3. The third kappa shape index (κ3) is 7.52. The average Bonchev–Trinajstić information content (AvgIpc) is 3.07. The molecule has 2 aromatic rings. The number of halogens is 4. The number of aliphatic hydroxyl groups excluding tert-OH is 1. The summed E-state index contributed by atoms with van der Waals surface area (Å²) in [6, 6.07) is 6.21. The predicted molar refractivity (Wildman–Crippen MR) is 129 cm³/mol. The van der Waals surface area contributed by atoms with E-state index in [9.17, 15) is 23.1 Å². The largest absolute Gasteiger partial charge is 0.393 e. The van der Waals surface area contributed by atoms with Crippen molar-refractivity contribution in [2.24, 2.45) is 11.8 Å². The normalized spacial score (nSPS) is 20.5. The molecule has 2 aromatic carbocycles. The van der Waals surface area contributed by atoms with Gasteiger partial charge in [0, 0.05) is 33.5 Å². The van der Waals surface area contributed by atoms with E-state index in [-0.39, 0.29) is 22.6 Å². The van der Waals surface area contributed by atoms with E-state index in [1.807, 2.05) is 6.92 Å². The van der Waals surface area contributed by atoms with Crippen molar-refractivity contribution in [2.75, 3.05) is 5.32 Å². The molecule has 1 amide bonds. The maximum atomic E-state index is 13.4. The van der Waals surface area contributed by atoms with E-state index in [1.54, 1.807) is 36.9 Å². The molecular formula is C25H29ClF3NO2S. The molecule has 3 nitrogen and oxygen atoms in total. The highest BCUT2D eigenvalue weighted by atomic mass is 35.5. The van der Waals surface area contributed by atoms with Crippen molar-refractivity contribution in [3.8, 4) is 0 Å². The minimum absolute atomic E-state index is 0.179. The standard InChI is InChI=1S/C22H23ClF3NO2S.C3H6/c1-11-3-4-13(7-12(2)28)21(11)30-19-8-14(5-6-16(19)23)22(29)27-15-9-17(24)20(26)18(25)10-15;1-3-2/h5-6,8-13,21,28H,3-4,7H2,1-2H3,(H,27,29);3H,1H2,2H3. The summed E-state index contributed by atoms with van der Waals surface area (Å²) in [5, 5.41) is 12.9. The lowest BCUT2D eigenvalue weighted by Gasteiger charge is -2.24. The molecule has 0 bridgehead atoms. The zero-order valence-electron chi connectivity index (χ0n) is 18.9. The fourth-order valence-electron chi connectivity index (χ4n) is 3.89. The minimum Gasteiger partial charge on any atom is -0.393 e. The highest BCUT2D eigenvalue weighted by Crippen LogP contribution is 2.46. The first kappa shape index (κ1) is 27.3. The number of allylic oxidation sites excluding steroid dienone is 1. The number of hydrogen-bond donors (Lipinski definition) is 2. The van der Waals surface area contributed by atoms with E-state index in [4.69, 9.17) is 11.6 Å². The molecule has 0 heterocycles. The zero-order valence-corrected chi connectivity index (χ0v) is 20.4. The molecule has 1 fully saturated rings. The highest BCUT2D eigenvalue weighted by molar-refractivity contribution is 8.00. The van der Waals surface area contributed by atoms with Crippen molar-refractivity contribution in [2.45, 2.75) is 56.3 Å². The van der Waals surface area contributed by atoms with Crippen LogP contribution < -0.4 is 5.32 Å². The Balaban J connectivity index is 0.00000122. The van der Waals surface area contributed by atoms with Gasteiger partial charge in [0.1, 0.15) is 0 Å². The van der Waals surface area contributed by atoms with Crippen LogP contribution in [0.25, 0.3) is 0 Å². The molecule has 33 heavy (non-hydrogen) atoms. The fourth-order valence-corrected chi connectivity index (χ4v) is 5.61. The lowest BCUT2D eigenvalue weighted by molar-refractivity contribution is 0.102. The van der Waals surface area contributed by atoms with Gasteiger partial charge >= 0.3 is 0 Å². The number of benzene rings is 2. The molecule has 1 saturated carbocycles. The summed E-state index contributed by atoms with van der Waals surface area (Å²) in [6.45, 7) is 9.20. The number of anilines is 1. The van der Waals surface area contributed by atoms with Gasteiger partial charge in [0.2, 0.25) is 0 Å². The van der Waals surface area contributed by atoms with E-state index < -0.39 is 23.4 Å². The Hall–Kier alpha value is -1.96. The van der Waals surface area contributed by atoms with Gasteiger partial charge in [0.25, 0.3) is 5.91 Å². The molecule has 8 heteroatoms. The summed E-state index contributed by atoms with van der Waals surface area (Å²) in [7, 11) is 0. The first-order chi connectivity index (χ1) is 15.6. The Labute approximate surface area is 202 Å². The Bertz CT molecular complexity index is 963. The topological polar surface area (TPSA) is 49.3 Å². The third-order valence-electron chi connectivity index (χ3n) is 5.36. The number of carbonyl (C=O) groups is 1. The first-order valence-electron chi connectivity index (χ1n) is 10.7. The highest BCUT2D eigenvalue weighted by Gasteiger charge is 2.35. The summed E-state index contributed by atoms with van der Waals surface area (Å²) < 4.78 is 39.9. The molecule has 0 spiro atoms. The van der Waals surface area contributed by atoms with Crippen LogP contribution in [0.5, 0.6) is 0 Å².